The van der Waals surface area contributed by atoms with Crippen molar-refractivity contribution in [3.8, 4) is 0 Å². The Hall–Kier alpha value is -2.69. The van der Waals surface area contributed by atoms with E-state index in [0.29, 0.717) is 31.3 Å². The lowest BCUT2D eigenvalue weighted by atomic mass is 9.81. The smallest absolute Gasteiger partial charge is 0.226 e. The van der Waals surface area contributed by atoms with Gasteiger partial charge >= 0.3 is 0 Å². The molecule has 32 heavy (non-hydrogen) atoms. The van der Waals surface area contributed by atoms with Crippen molar-refractivity contribution in [2.45, 2.75) is 44.9 Å². The number of halogens is 1. The molecule has 2 aliphatic heterocycles. The van der Waals surface area contributed by atoms with E-state index in [0.717, 1.165) is 57.2 Å². The summed E-state index contributed by atoms with van der Waals surface area (Å²) in [6, 6.07) is 16.5. The summed E-state index contributed by atoms with van der Waals surface area (Å²) in [5.41, 5.74) is 2.11. The molecule has 1 unspecified atom stereocenters. The third-order valence-electron chi connectivity index (χ3n) is 7.07. The molecule has 1 atom stereocenters. The molecule has 5 heteroatoms. The van der Waals surface area contributed by atoms with Gasteiger partial charge in [-0.2, -0.15) is 0 Å². The molecule has 0 N–H and O–H groups in total. The van der Waals surface area contributed by atoms with Gasteiger partial charge in [-0.05, 0) is 61.3 Å². The van der Waals surface area contributed by atoms with Crippen LogP contribution in [0, 0.1) is 17.7 Å². The van der Waals surface area contributed by atoms with Crippen LogP contribution in [-0.4, -0.2) is 47.8 Å². The van der Waals surface area contributed by atoms with Crippen molar-refractivity contribution < 1.29 is 14.0 Å². The van der Waals surface area contributed by atoms with Crippen molar-refractivity contribution in [3.05, 3.63) is 71.5 Å². The topological polar surface area (TPSA) is 40.6 Å². The summed E-state index contributed by atoms with van der Waals surface area (Å²) >= 11 is 0. The van der Waals surface area contributed by atoms with Gasteiger partial charge in [-0.25, -0.2) is 4.39 Å². The first-order valence-corrected chi connectivity index (χ1v) is 11.9. The molecular weight excluding hydrogens is 403 g/mol. The van der Waals surface area contributed by atoms with E-state index in [9.17, 15) is 14.0 Å². The van der Waals surface area contributed by atoms with Gasteiger partial charge in [0.05, 0.1) is 6.42 Å². The molecule has 2 aromatic carbocycles. The van der Waals surface area contributed by atoms with Gasteiger partial charge in [0.15, 0.2) is 0 Å². The fourth-order valence-electron chi connectivity index (χ4n) is 5.14. The molecule has 0 saturated carbocycles. The number of likely N-dealkylation sites (tertiary alicyclic amines) is 2. The molecule has 2 aliphatic rings. The fraction of sp³-hybridized carbons (Fsp3) is 0.481. The first-order chi connectivity index (χ1) is 15.6. The molecule has 4 rings (SSSR count). The van der Waals surface area contributed by atoms with Gasteiger partial charge in [-0.15, -0.1) is 0 Å². The highest BCUT2D eigenvalue weighted by Gasteiger charge is 2.35. The third kappa shape index (κ3) is 5.76. The molecule has 2 heterocycles. The highest BCUT2D eigenvalue weighted by molar-refractivity contribution is 5.80. The minimum absolute atomic E-state index is 0.0858. The number of carbonyl (C=O) groups is 2. The standard InChI is InChI=1S/C27H33FN2O2/c28-24-11-9-22(10-12-24)20-26(31)29-18-14-23(15-19-29)25-8-4-5-16-30(27(25)32)17-13-21-6-2-1-3-7-21/h1-3,6-7,9-12,23,25H,4-5,8,13-20H2. The average Bonchev–Trinajstić information content (AvgIpc) is 3.01. The van der Waals surface area contributed by atoms with E-state index < -0.39 is 0 Å². The maximum Gasteiger partial charge on any atom is 0.226 e. The molecule has 4 nitrogen and oxygen atoms in total. The summed E-state index contributed by atoms with van der Waals surface area (Å²) in [5, 5.41) is 0. The van der Waals surface area contributed by atoms with Crippen LogP contribution in [0.3, 0.4) is 0 Å². The van der Waals surface area contributed by atoms with E-state index in [4.69, 9.17) is 0 Å². The van der Waals surface area contributed by atoms with Crippen LogP contribution in [0.2, 0.25) is 0 Å². The van der Waals surface area contributed by atoms with Gasteiger partial charge in [0, 0.05) is 32.1 Å². The van der Waals surface area contributed by atoms with Gasteiger partial charge in [0.2, 0.25) is 11.8 Å². The number of carbonyl (C=O) groups excluding carboxylic acids is 2. The van der Waals surface area contributed by atoms with Crippen molar-refractivity contribution in [1.29, 1.82) is 0 Å². The quantitative estimate of drug-likeness (QED) is 0.670. The Bertz CT molecular complexity index is 892. The Balaban J connectivity index is 1.30. The number of hydrogen-bond acceptors (Lipinski definition) is 2. The van der Waals surface area contributed by atoms with Gasteiger partial charge in [-0.3, -0.25) is 9.59 Å². The number of piperidine rings is 1. The van der Waals surface area contributed by atoms with E-state index in [2.05, 4.69) is 17.0 Å². The van der Waals surface area contributed by atoms with E-state index >= 15 is 0 Å². The third-order valence-corrected chi connectivity index (χ3v) is 7.07. The monoisotopic (exact) mass is 436 g/mol. The Labute approximate surface area is 190 Å². The normalized spacial score (nSPS) is 20.3. The van der Waals surface area contributed by atoms with Crippen LogP contribution in [-0.2, 0) is 22.4 Å². The van der Waals surface area contributed by atoms with Crippen LogP contribution in [0.5, 0.6) is 0 Å². The summed E-state index contributed by atoms with van der Waals surface area (Å²) < 4.78 is 13.1. The second kappa shape index (κ2) is 10.8. The highest BCUT2D eigenvalue weighted by Crippen LogP contribution is 2.32. The molecule has 0 radical (unpaired) electrons. The summed E-state index contributed by atoms with van der Waals surface area (Å²) in [6.45, 7) is 3.06. The average molecular weight is 437 g/mol. The second-order valence-corrected chi connectivity index (χ2v) is 9.18. The van der Waals surface area contributed by atoms with Crippen LogP contribution in [0.25, 0.3) is 0 Å². The minimum atomic E-state index is -0.284. The Morgan fingerprint density at radius 3 is 2.31 bits per heavy atom. The highest BCUT2D eigenvalue weighted by atomic mass is 19.1. The molecule has 2 aromatic rings. The Kier molecular flexibility index (Phi) is 7.56. The Morgan fingerprint density at radius 2 is 1.59 bits per heavy atom. The molecule has 0 spiro atoms. The van der Waals surface area contributed by atoms with Gasteiger partial charge in [0.1, 0.15) is 5.82 Å². The van der Waals surface area contributed by atoms with Gasteiger partial charge in [-0.1, -0.05) is 48.9 Å². The second-order valence-electron chi connectivity index (χ2n) is 9.18. The maximum absolute atomic E-state index is 13.4. The lowest BCUT2D eigenvalue weighted by Crippen LogP contribution is -2.44. The van der Waals surface area contributed by atoms with Gasteiger partial charge < -0.3 is 9.80 Å². The van der Waals surface area contributed by atoms with E-state index in [-0.39, 0.29) is 17.6 Å². The van der Waals surface area contributed by atoms with E-state index in [1.807, 2.05) is 23.1 Å². The molecule has 2 saturated heterocycles. The number of rotatable bonds is 6. The van der Waals surface area contributed by atoms with E-state index in [1.165, 1.54) is 17.7 Å². The number of amides is 2. The lowest BCUT2D eigenvalue weighted by molar-refractivity contribution is -0.138. The van der Waals surface area contributed by atoms with Crippen LogP contribution >= 0.6 is 0 Å². The van der Waals surface area contributed by atoms with Crippen LogP contribution in [0.1, 0.15) is 43.2 Å². The molecule has 2 fully saturated rings. The first kappa shape index (κ1) is 22.5. The van der Waals surface area contributed by atoms with Gasteiger partial charge in [0.25, 0.3) is 0 Å². The van der Waals surface area contributed by atoms with Crippen LogP contribution in [0.15, 0.2) is 54.6 Å². The molecule has 0 aromatic heterocycles. The largest absolute Gasteiger partial charge is 0.342 e. The molecular formula is C27H33FN2O2. The van der Waals surface area contributed by atoms with Crippen molar-refractivity contribution in [3.63, 3.8) is 0 Å². The zero-order valence-corrected chi connectivity index (χ0v) is 18.7. The number of benzene rings is 2. The van der Waals surface area contributed by atoms with E-state index in [1.54, 1.807) is 12.1 Å². The van der Waals surface area contributed by atoms with Crippen LogP contribution < -0.4 is 0 Å². The summed E-state index contributed by atoms with van der Waals surface area (Å²) in [7, 11) is 0. The summed E-state index contributed by atoms with van der Waals surface area (Å²) in [4.78, 5) is 30.0. The number of hydrogen-bond donors (Lipinski definition) is 0. The lowest BCUT2D eigenvalue weighted by Gasteiger charge is -2.36. The first-order valence-electron chi connectivity index (χ1n) is 11.9. The molecule has 170 valence electrons. The zero-order chi connectivity index (χ0) is 22.3. The van der Waals surface area contributed by atoms with Crippen LogP contribution in [0.4, 0.5) is 4.39 Å². The number of nitrogens with zero attached hydrogens (tertiary/aromatic N) is 2. The summed E-state index contributed by atoms with van der Waals surface area (Å²) in [6.07, 6.45) is 6.12. The Morgan fingerprint density at radius 1 is 0.875 bits per heavy atom. The predicted molar refractivity (Wildman–Crippen MR) is 123 cm³/mol. The van der Waals surface area contributed by atoms with Crippen molar-refractivity contribution in [1.82, 2.24) is 9.80 Å². The summed E-state index contributed by atoms with van der Waals surface area (Å²) in [5.74, 6) is 0.562. The molecule has 2 amide bonds. The zero-order valence-electron chi connectivity index (χ0n) is 18.7. The predicted octanol–water partition coefficient (Wildman–Crippen LogP) is 4.48. The SMILES string of the molecule is O=C(Cc1ccc(F)cc1)N1CCC(C2CCCCN(CCc3ccccc3)C2=O)CC1. The van der Waals surface area contributed by atoms with Crippen molar-refractivity contribution in [2.24, 2.45) is 11.8 Å². The molecule has 0 bridgehead atoms. The fourth-order valence-corrected chi connectivity index (χ4v) is 5.14. The van der Waals surface area contributed by atoms with Crippen molar-refractivity contribution >= 4 is 11.8 Å². The van der Waals surface area contributed by atoms with Crippen molar-refractivity contribution in [2.75, 3.05) is 26.2 Å². The minimum Gasteiger partial charge on any atom is -0.342 e. The molecule has 0 aliphatic carbocycles. The maximum atomic E-state index is 13.4.